The van der Waals surface area contributed by atoms with Gasteiger partial charge >= 0.3 is 5.97 Å². The van der Waals surface area contributed by atoms with Gasteiger partial charge in [0, 0.05) is 30.5 Å². The molecule has 1 aromatic rings. The number of rotatable bonds is 15. The monoisotopic (exact) mass is 499 g/mol. The third-order valence-corrected chi connectivity index (χ3v) is 5.17. The first-order valence-electron chi connectivity index (χ1n) is 10.7. The van der Waals surface area contributed by atoms with Crippen LogP contribution in [-0.2, 0) is 30.4 Å². The average molecular weight is 500 g/mol. The number of aromatic nitrogens is 2. The maximum Gasteiger partial charge on any atom is 0.326 e. The third-order valence-electron chi connectivity index (χ3n) is 4.78. The van der Waals surface area contributed by atoms with Gasteiger partial charge in [-0.1, -0.05) is 13.8 Å². The Morgan fingerprint density at radius 3 is 2.15 bits per heavy atom. The molecule has 34 heavy (non-hydrogen) atoms. The van der Waals surface area contributed by atoms with Crippen LogP contribution in [0, 0.1) is 5.92 Å². The van der Waals surface area contributed by atoms with Crippen LogP contribution in [0.2, 0.25) is 0 Å². The predicted molar refractivity (Wildman–Crippen MR) is 125 cm³/mol. The van der Waals surface area contributed by atoms with Crippen molar-refractivity contribution in [3.05, 3.63) is 18.2 Å². The molecule has 9 N–H and O–H groups in total. The lowest BCUT2D eigenvalue weighted by molar-refractivity contribution is -0.143. The molecule has 4 atom stereocenters. The Kier molecular flexibility index (Phi) is 12.1. The summed E-state index contributed by atoms with van der Waals surface area (Å²) in [6, 6.07) is -4.57. The second kappa shape index (κ2) is 14.2. The minimum atomic E-state index is -1.27. The molecule has 14 heteroatoms. The summed E-state index contributed by atoms with van der Waals surface area (Å²) in [4.78, 5) is 67.6. The van der Waals surface area contributed by atoms with Crippen molar-refractivity contribution in [1.82, 2.24) is 25.9 Å². The molecular formula is C20H33N7O6S. The molecule has 1 aromatic heterocycles. The second-order valence-corrected chi connectivity index (χ2v) is 8.59. The average Bonchev–Trinajstić information content (AvgIpc) is 3.27. The van der Waals surface area contributed by atoms with Crippen LogP contribution in [0.5, 0.6) is 0 Å². The molecule has 13 nitrogen and oxygen atoms in total. The quantitative estimate of drug-likeness (QED) is 0.126. The van der Waals surface area contributed by atoms with Crippen LogP contribution < -0.4 is 27.4 Å². The number of amides is 4. The molecule has 0 saturated carbocycles. The molecule has 0 bridgehead atoms. The highest BCUT2D eigenvalue weighted by atomic mass is 32.1. The summed E-state index contributed by atoms with van der Waals surface area (Å²) in [6.45, 7) is 3.60. The first kappa shape index (κ1) is 28.9. The molecule has 4 unspecified atom stereocenters. The number of aliphatic carboxylic acids is 1. The molecule has 0 aromatic carbocycles. The number of nitrogens with one attached hydrogen (secondary N) is 4. The number of nitrogens with two attached hydrogens (primary N) is 2. The van der Waals surface area contributed by atoms with Gasteiger partial charge in [-0.3, -0.25) is 19.2 Å². The number of carbonyl (C=O) groups excluding carboxylic acids is 4. The number of H-pyrrole nitrogens is 1. The Morgan fingerprint density at radius 2 is 1.65 bits per heavy atom. The highest BCUT2D eigenvalue weighted by Crippen LogP contribution is 2.08. The maximum atomic E-state index is 13.0. The molecule has 0 aliphatic carbocycles. The van der Waals surface area contributed by atoms with E-state index in [-0.39, 0.29) is 37.4 Å². The van der Waals surface area contributed by atoms with E-state index < -0.39 is 53.8 Å². The minimum Gasteiger partial charge on any atom is -0.480 e. The second-order valence-electron chi connectivity index (χ2n) is 8.23. The summed E-state index contributed by atoms with van der Waals surface area (Å²) in [7, 11) is 0. The van der Waals surface area contributed by atoms with Crippen molar-refractivity contribution in [2.75, 3.05) is 5.75 Å². The van der Waals surface area contributed by atoms with Crippen molar-refractivity contribution >= 4 is 42.2 Å². The fourth-order valence-corrected chi connectivity index (χ4v) is 3.15. The molecule has 1 heterocycles. The van der Waals surface area contributed by atoms with Crippen molar-refractivity contribution in [2.24, 2.45) is 17.4 Å². The summed E-state index contributed by atoms with van der Waals surface area (Å²) >= 11 is 3.97. The normalized spacial score (nSPS) is 14.5. The van der Waals surface area contributed by atoms with Crippen molar-refractivity contribution < 1.29 is 29.1 Å². The number of carbonyl (C=O) groups is 5. The number of imidazole rings is 1. The van der Waals surface area contributed by atoms with Crippen molar-refractivity contribution in [1.29, 1.82) is 0 Å². The van der Waals surface area contributed by atoms with E-state index in [1.807, 2.05) is 0 Å². The van der Waals surface area contributed by atoms with Crippen molar-refractivity contribution in [3.63, 3.8) is 0 Å². The molecule has 4 amide bonds. The first-order chi connectivity index (χ1) is 15.9. The molecule has 0 saturated heterocycles. The number of carboxylic acids is 1. The standard InChI is InChI=1S/C20H33N7O6S/c1-10(2)5-15(20(32)33)27-18(30)13(3-4-16(22)28)25-19(31)14(6-11-7-23-9-24-11)26-17(29)12(21)8-34/h7,9-10,12-15,34H,3-6,8,21H2,1-2H3,(H2,22,28)(H,23,24)(H,25,31)(H,26,29)(H,27,30)(H,32,33). The number of aromatic amines is 1. The number of hydrogen-bond acceptors (Lipinski definition) is 8. The lowest BCUT2D eigenvalue weighted by atomic mass is 10.0. The van der Waals surface area contributed by atoms with Crippen LogP contribution >= 0.6 is 12.6 Å². The first-order valence-corrected chi connectivity index (χ1v) is 11.3. The fourth-order valence-electron chi connectivity index (χ4n) is 2.98. The Bertz CT molecular complexity index is 848. The van der Waals surface area contributed by atoms with Crippen LogP contribution in [0.3, 0.4) is 0 Å². The van der Waals surface area contributed by atoms with Gasteiger partial charge in [-0.15, -0.1) is 0 Å². The molecule has 0 aliphatic heterocycles. The van der Waals surface area contributed by atoms with Gasteiger partial charge in [0.25, 0.3) is 0 Å². The van der Waals surface area contributed by atoms with Gasteiger partial charge in [0.15, 0.2) is 0 Å². The minimum absolute atomic E-state index is 0.00608. The van der Waals surface area contributed by atoms with Crippen molar-refractivity contribution in [2.45, 2.75) is 63.7 Å². The van der Waals surface area contributed by atoms with Crippen LogP contribution in [-0.4, -0.2) is 74.6 Å². The van der Waals surface area contributed by atoms with E-state index in [1.165, 1.54) is 12.5 Å². The van der Waals surface area contributed by atoms with Crippen LogP contribution in [0.25, 0.3) is 0 Å². The van der Waals surface area contributed by atoms with Crippen LogP contribution in [0.4, 0.5) is 0 Å². The highest BCUT2D eigenvalue weighted by molar-refractivity contribution is 7.80. The van der Waals surface area contributed by atoms with E-state index in [1.54, 1.807) is 13.8 Å². The Balaban J connectivity index is 3.06. The molecule has 0 radical (unpaired) electrons. The van der Waals surface area contributed by atoms with Gasteiger partial charge in [-0.05, 0) is 18.8 Å². The van der Waals surface area contributed by atoms with Gasteiger partial charge in [-0.25, -0.2) is 9.78 Å². The highest BCUT2D eigenvalue weighted by Gasteiger charge is 2.31. The van der Waals surface area contributed by atoms with Gasteiger partial charge in [0.1, 0.15) is 18.1 Å². The van der Waals surface area contributed by atoms with Crippen molar-refractivity contribution in [3.8, 4) is 0 Å². The number of nitrogens with zero attached hydrogens (tertiary/aromatic N) is 1. The van der Waals surface area contributed by atoms with Crippen LogP contribution in [0.1, 0.15) is 38.8 Å². The molecule has 0 spiro atoms. The maximum absolute atomic E-state index is 13.0. The fraction of sp³-hybridized carbons (Fsp3) is 0.600. The summed E-state index contributed by atoms with van der Waals surface area (Å²) < 4.78 is 0. The molecular weight excluding hydrogens is 466 g/mol. The van der Waals surface area contributed by atoms with E-state index in [0.29, 0.717) is 5.69 Å². The zero-order valence-electron chi connectivity index (χ0n) is 19.1. The smallest absolute Gasteiger partial charge is 0.326 e. The Hall–Kier alpha value is -3.13. The Labute approximate surface area is 202 Å². The van der Waals surface area contributed by atoms with E-state index in [9.17, 15) is 29.1 Å². The molecule has 1 rings (SSSR count). The van der Waals surface area contributed by atoms with E-state index in [0.717, 1.165) is 0 Å². The van der Waals surface area contributed by atoms with E-state index >= 15 is 0 Å². The van der Waals surface area contributed by atoms with Gasteiger partial charge in [0.2, 0.25) is 23.6 Å². The van der Waals surface area contributed by atoms with Gasteiger partial charge in [-0.2, -0.15) is 12.6 Å². The van der Waals surface area contributed by atoms with E-state index in [2.05, 4.69) is 38.5 Å². The topological polar surface area (TPSA) is 222 Å². The van der Waals surface area contributed by atoms with Gasteiger partial charge in [0.05, 0.1) is 12.4 Å². The lowest BCUT2D eigenvalue weighted by Gasteiger charge is -2.25. The predicted octanol–water partition coefficient (Wildman–Crippen LogP) is -1.94. The molecule has 0 aliphatic rings. The SMILES string of the molecule is CC(C)CC(NC(=O)C(CCC(N)=O)NC(=O)C(Cc1cnc[nH]1)NC(=O)C(N)CS)C(=O)O. The third kappa shape index (κ3) is 10.2. The molecule has 0 fully saturated rings. The zero-order chi connectivity index (χ0) is 25.8. The summed E-state index contributed by atoms with van der Waals surface area (Å²) in [5, 5.41) is 16.8. The zero-order valence-corrected chi connectivity index (χ0v) is 20.0. The van der Waals surface area contributed by atoms with E-state index in [4.69, 9.17) is 11.5 Å². The number of primary amides is 1. The Morgan fingerprint density at radius 1 is 1.06 bits per heavy atom. The number of carboxylic acid groups (broad SMARTS) is 1. The van der Waals surface area contributed by atoms with Gasteiger partial charge < -0.3 is 37.5 Å². The number of hydrogen-bond donors (Lipinski definition) is 8. The largest absolute Gasteiger partial charge is 0.480 e. The summed E-state index contributed by atoms with van der Waals surface area (Å²) in [5.41, 5.74) is 11.4. The summed E-state index contributed by atoms with van der Waals surface area (Å²) in [5.74, 6) is -4.07. The number of thiol groups is 1. The lowest BCUT2D eigenvalue weighted by Crippen LogP contribution is -2.58. The molecule has 190 valence electrons. The summed E-state index contributed by atoms with van der Waals surface area (Å²) in [6.07, 6.45) is 2.63. The van der Waals surface area contributed by atoms with Crippen LogP contribution in [0.15, 0.2) is 12.5 Å².